The molecule has 2 atom stereocenters. The number of anilines is 1. The van der Waals surface area contributed by atoms with Crippen LogP contribution in [0.2, 0.25) is 0 Å². The monoisotopic (exact) mass is 462 g/mol. The Balaban J connectivity index is 1.63. The van der Waals surface area contributed by atoms with Gasteiger partial charge in [-0.3, -0.25) is 0 Å². The number of rotatable bonds is 2. The van der Waals surface area contributed by atoms with Gasteiger partial charge < -0.3 is 10.1 Å². The van der Waals surface area contributed by atoms with Crippen molar-refractivity contribution in [1.29, 1.82) is 0 Å². The van der Waals surface area contributed by atoms with E-state index in [4.69, 9.17) is 4.74 Å². The molecule has 2 aromatic heterocycles. The average molecular weight is 463 g/mol. The summed E-state index contributed by atoms with van der Waals surface area (Å²) in [7, 11) is 0. The van der Waals surface area contributed by atoms with Gasteiger partial charge in [-0.25, -0.2) is 4.68 Å². The highest BCUT2D eigenvalue weighted by molar-refractivity contribution is 9.10. The summed E-state index contributed by atoms with van der Waals surface area (Å²) in [6.45, 7) is 0. The van der Waals surface area contributed by atoms with Crippen molar-refractivity contribution >= 4 is 38.9 Å². The molecule has 0 bridgehead atoms. The van der Waals surface area contributed by atoms with Crippen LogP contribution in [0.1, 0.15) is 28.1 Å². The first-order valence-corrected chi connectivity index (χ1v) is 10.9. The molecule has 7 heteroatoms. The number of nitrogens with one attached hydrogen (secondary N) is 1. The molecular formula is C22H15BrN4OS. The normalized spacial score (nSPS) is 19.6. The molecule has 6 rings (SSSR count). The van der Waals surface area contributed by atoms with Gasteiger partial charge in [-0.05, 0) is 41.3 Å². The largest absolute Gasteiger partial charge is 0.480 e. The van der Waals surface area contributed by atoms with Gasteiger partial charge in [0.2, 0.25) is 5.95 Å². The number of nitrogens with zero attached hydrogens (tertiary/aromatic N) is 3. The summed E-state index contributed by atoms with van der Waals surface area (Å²) in [5.41, 5.74) is 4.35. The molecule has 4 aromatic rings. The van der Waals surface area contributed by atoms with Gasteiger partial charge in [0.05, 0.1) is 5.70 Å². The number of fused-ring (bicyclic) bond motifs is 3. The third-order valence-corrected chi connectivity index (χ3v) is 6.76. The molecule has 4 heterocycles. The van der Waals surface area contributed by atoms with Gasteiger partial charge in [0.25, 0.3) is 0 Å². The Bertz CT molecular complexity index is 1230. The summed E-state index contributed by atoms with van der Waals surface area (Å²) >= 11 is 5.26. The van der Waals surface area contributed by atoms with Crippen LogP contribution in [-0.2, 0) is 0 Å². The number of hydrogen-bond donors (Lipinski definition) is 1. The first kappa shape index (κ1) is 17.0. The maximum Gasteiger partial charge on any atom is 0.226 e. The Hall–Kier alpha value is -2.90. The van der Waals surface area contributed by atoms with Crippen LogP contribution in [0, 0.1) is 0 Å². The van der Waals surface area contributed by atoms with Gasteiger partial charge in [-0.1, -0.05) is 46.3 Å². The van der Waals surface area contributed by atoms with E-state index in [0.717, 1.165) is 38.6 Å². The second kappa shape index (κ2) is 6.57. The smallest absolute Gasteiger partial charge is 0.226 e. The van der Waals surface area contributed by atoms with Crippen molar-refractivity contribution in [2.75, 3.05) is 5.32 Å². The number of aromatic nitrogens is 3. The van der Waals surface area contributed by atoms with E-state index in [0.29, 0.717) is 0 Å². The molecule has 0 unspecified atom stereocenters. The lowest BCUT2D eigenvalue weighted by atomic mass is 9.87. The number of hydrogen-bond acceptors (Lipinski definition) is 5. The topological polar surface area (TPSA) is 52.0 Å². The van der Waals surface area contributed by atoms with Crippen molar-refractivity contribution in [3.05, 3.63) is 98.4 Å². The minimum Gasteiger partial charge on any atom is -0.480 e. The molecule has 0 saturated carbocycles. The second-order valence-electron chi connectivity index (χ2n) is 6.95. The van der Waals surface area contributed by atoms with Gasteiger partial charge in [-0.2, -0.15) is 10.1 Å². The van der Waals surface area contributed by atoms with E-state index in [1.165, 1.54) is 4.88 Å². The van der Waals surface area contributed by atoms with Crippen LogP contribution in [0.4, 0.5) is 5.95 Å². The molecular weight excluding hydrogens is 448 g/mol. The van der Waals surface area contributed by atoms with Gasteiger partial charge in [0.15, 0.2) is 0 Å². The highest BCUT2D eigenvalue weighted by Gasteiger charge is 2.41. The molecule has 1 N–H and O–H groups in total. The van der Waals surface area contributed by atoms with Crippen LogP contribution in [0.3, 0.4) is 0 Å². The molecule has 2 aromatic carbocycles. The highest BCUT2D eigenvalue weighted by Crippen LogP contribution is 2.51. The van der Waals surface area contributed by atoms with Crippen LogP contribution in [0.25, 0.3) is 5.70 Å². The maximum atomic E-state index is 6.58. The summed E-state index contributed by atoms with van der Waals surface area (Å²) in [5, 5.41) is 10.2. The summed E-state index contributed by atoms with van der Waals surface area (Å²) < 4.78 is 9.57. The van der Waals surface area contributed by atoms with E-state index in [1.54, 1.807) is 17.7 Å². The van der Waals surface area contributed by atoms with Crippen LogP contribution in [-0.4, -0.2) is 14.8 Å². The van der Waals surface area contributed by atoms with Crippen molar-refractivity contribution in [3.8, 4) is 5.75 Å². The molecule has 0 radical (unpaired) electrons. The van der Waals surface area contributed by atoms with Crippen LogP contribution >= 0.6 is 27.3 Å². The maximum absolute atomic E-state index is 6.58. The fraction of sp³-hybridized carbons (Fsp3) is 0.0909. The Morgan fingerprint density at radius 1 is 1.03 bits per heavy atom. The van der Waals surface area contributed by atoms with Crippen molar-refractivity contribution in [1.82, 2.24) is 14.8 Å². The standard InChI is InChI=1S/C22H15BrN4OS/c23-14-9-7-13(8-10-14)21-18-19(15-4-1-2-5-16(15)28-21)26-22-24-12-25-27(22)20(18)17-6-3-11-29-17/h1-12,20-21H,(H,24,25,26)/t20-,21-/m0/s1. The van der Waals surface area contributed by atoms with Gasteiger partial charge in [0, 0.05) is 20.5 Å². The van der Waals surface area contributed by atoms with Crippen molar-refractivity contribution in [3.63, 3.8) is 0 Å². The lowest BCUT2D eigenvalue weighted by molar-refractivity contribution is 0.223. The molecule has 0 saturated heterocycles. The molecule has 0 aliphatic carbocycles. The zero-order valence-electron chi connectivity index (χ0n) is 15.1. The number of thiophene rings is 1. The molecule has 29 heavy (non-hydrogen) atoms. The van der Waals surface area contributed by atoms with E-state index in [9.17, 15) is 0 Å². The van der Waals surface area contributed by atoms with Crippen LogP contribution < -0.4 is 10.1 Å². The zero-order valence-corrected chi connectivity index (χ0v) is 17.5. The minimum atomic E-state index is -0.232. The predicted molar refractivity (Wildman–Crippen MR) is 117 cm³/mol. The molecule has 2 aliphatic heterocycles. The van der Waals surface area contributed by atoms with E-state index in [1.807, 2.05) is 22.9 Å². The Morgan fingerprint density at radius 3 is 2.72 bits per heavy atom. The second-order valence-corrected chi connectivity index (χ2v) is 8.84. The number of ether oxygens (including phenoxy) is 1. The Labute approximate surface area is 179 Å². The van der Waals surface area contributed by atoms with E-state index < -0.39 is 0 Å². The van der Waals surface area contributed by atoms with Crippen molar-refractivity contribution in [2.45, 2.75) is 12.1 Å². The highest BCUT2D eigenvalue weighted by atomic mass is 79.9. The lowest BCUT2D eigenvalue weighted by Gasteiger charge is -2.38. The number of halogens is 1. The lowest BCUT2D eigenvalue weighted by Crippen LogP contribution is -2.32. The van der Waals surface area contributed by atoms with Gasteiger partial charge >= 0.3 is 0 Å². The summed E-state index contributed by atoms with van der Waals surface area (Å²) in [6, 6.07) is 20.6. The molecule has 5 nitrogen and oxygen atoms in total. The quantitative estimate of drug-likeness (QED) is 0.417. The zero-order chi connectivity index (χ0) is 19.4. The molecule has 0 fully saturated rings. The van der Waals surface area contributed by atoms with Gasteiger partial charge in [-0.15, -0.1) is 11.3 Å². The summed E-state index contributed by atoms with van der Waals surface area (Å²) in [5.74, 6) is 1.61. The van der Waals surface area contributed by atoms with Crippen LogP contribution in [0.15, 0.2) is 82.4 Å². The van der Waals surface area contributed by atoms with Crippen molar-refractivity contribution < 1.29 is 4.74 Å². The summed E-state index contributed by atoms with van der Waals surface area (Å²) in [6.07, 6.45) is 1.37. The molecule has 0 spiro atoms. The third kappa shape index (κ3) is 2.65. The van der Waals surface area contributed by atoms with Crippen LogP contribution in [0.5, 0.6) is 5.75 Å². The number of benzene rings is 2. The average Bonchev–Trinajstić information content (AvgIpc) is 3.44. The fourth-order valence-corrected chi connectivity index (χ4v) is 5.14. The Morgan fingerprint density at radius 2 is 1.90 bits per heavy atom. The van der Waals surface area contributed by atoms with Crippen molar-refractivity contribution in [2.24, 2.45) is 0 Å². The SMILES string of the molecule is Brc1ccc([C@@H]2Oc3ccccc3C3=C2[C@H](c2cccs2)n2ncnc2N3)cc1. The fourth-order valence-electron chi connectivity index (χ4n) is 4.05. The van der Waals surface area contributed by atoms with E-state index >= 15 is 0 Å². The third-order valence-electron chi connectivity index (χ3n) is 5.31. The van der Waals surface area contributed by atoms with Gasteiger partial charge in [0.1, 0.15) is 24.2 Å². The predicted octanol–water partition coefficient (Wildman–Crippen LogP) is 5.66. The molecule has 0 amide bonds. The molecule has 142 valence electrons. The Kier molecular flexibility index (Phi) is 3.85. The summed E-state index contributed by atoms with van der Waals surface area (Å²) in [4.78, 5) is 5.66. The first-order chi connectivity index (χ1) is 14.3. The first-order valence-electron chi connectivity index (χ1n) is 9.25. The minimum absolute atomic E-state index is 0.0780. The van der Waals surface area contributed by atoms with E-state index in [-0.39, 0.29) is 12.1 Å². The van der Waals surface area contributed by atoms with E-state index in [2.05, 4.69) is 79.2 Å². The number of para-hydroxylation sites is 1. The molecule has 2 aliphatic rings.